The van der Waals surface area contributed by atoms with Crippen LogP contribution >= 0.6 is 0 Å². The average Bonchev–Trinajstić information content (AvgIpc) is 3.23. The van der Waals surface area contributed by atoms with Crippen molar-refractivity contribution in [3.05, 3.63) is 48.2 Å². The molecule has 210 valence electrons. The van der Waals surface area contributed by atoms with Crippen LogP contribution in [0.3, 0.4) is 0 Å². The number of allylic oxidation sites excluding steroid dienone is 1. The number of hydrogen-bond donors (Lipinski definition) is 4. The predicted molar refractivity (Wildman–Crippen MR) is 147 cm³/mol. The molecule has 0 aromatic heterocycles. The zero-order chi connectivity index (χ0) is 28.7. The second-order valence-electron chi connectivity index (χ2n) is 8.87. The molecule has 1 atom stereocenters. The third-order valence-electron chi connectivity index (χ3n) is 5.73. The number of methoxy groups -OCH3 is 1. The van der Waals surface area contributed by atoms with Crippen LogP contribution in [0.5, 0.6) is 5.75 Å². The molecule has 10 nitrogen and oxygen atoms in total. The van der Waals surface area contributed by atoms with E-state index in [2.05, 4.69) is 22.5 Å². The molecule has 10 heteroatoms. The number of ether oxygens (including phenoxy) is 1. The summed E-state index contributed by atoms with van der Waals surface area (Å²) in [6, 6.07) is 4.09. The number of benzene rings is 1. The molecule has 2 rings (SSSR count). The van der Waals surface area contributed by atoms with Crippen molar-refractivity contribution in [3.63, 3.8) is 0 Å². The largest absolute Gasteiger partial charge is 0.495 e. The normalized spacial score (nSPS) is 13.1. The Labute approximate surface area is 225 Å². The molecule has 1 aromatic carbocycles. The van der Waals surface area contributed by atoms with Crippen molar-refractivity contribution in [2.75, 3.05) is 25.5 Å². The van der Waals surface area contributed by atoms with Gasteiger partial charge in [0, 0.05) is 24.7 Å². The van der Waals surface area contributed by atoms with Gasteiger partial charge in [-0.1, -0.05) is 46.8 Å². The van der Waals surface area contributed by atoms with Gasteiger partial charge < -0.3 is 30.7 Å². The Hall–Kier alpha value is -3.66. The Bertz CT molecular complexity index is 987. The molecule has 1 aliphatic heterocycles. The molecule has 0 aliphatic carbocycles. The number of rotatable bonds is 14. The summed E-state index contributed by atoms with van der Waals surface area (Å²) in [7, 11) is 1.45. The van der Waals surface area contributed by atoms with Crippen LogP contribution in [-0.2, 0) is 25.8 Å². The topological polar surface area (TPSA) is 137 Å². The highest BCUT2D eigenvalue weighted by atomic mass is 16.5. The van der Waals surface area contributed by atoms with Crippen molar-refractivity contribution in [1.82, 2.24) is 15.5 Å². The van der Waals surface area contributed by atoms with Gasteiger partial charge in [-0.25, -0.2) is 0 Å². The first-order valence-electron chi connectivity index (χ1n) is 13.0. The van der Waals surface area contributed by atoms with Gasteiger partial charge in [0.2, 0.25) is 17.7 Å². The number of aliphatic hydroxyl groups is 1. The maximum atomic E-state index is 12.7. The number of unbranched alkanes of at least 4 members (excludes halogenated alkanes) is 2. The molecular formula is C28H42N4O6. The molecule has 0 saturated carbocycles. The van der Waals surface area contributed by atoms with E-state index in [1.165, 1.54) is 13.2 Å². The molecular weight excluding hydrogens is 488 g/mol. The summed E-state index contributed by atoms with van der Waals surface area (Å²) in [5.41, 5.74) is 1.73. The van der Waals surface area contributed by atoms with Gasteiger partial charge in [0.1, 0.15) is 11.8 Å². The minimum absolute atomic E-state index is 0.0732. The van der Waals surface area contributed by atoms with Gasteiger partial charge in [0.05, 0.1) is 25.9 Å². The van der Waals surface area contributed by atoms with Crippen molar-refractivity contribution >= 4 is 29.3 Å². The first-order valence-corrected chi connectivity index (χ1v) is 13.0. The Morgan fingerprint density at radius 3 is 2.37 bits per heavy atom. The monoisotopic (exact) mass is 530 g/mol. The van der Waals surface area contributed by atoms with Crippen LogP contribution in [0.2, 0.25) is 0 Å². The molecule has 0 radical (unpaired) electrons. The lowest BCUT2D eigenvalue weighted by atomic mass is 10.0. The molecule has 4 N–H and O–H groups in total. The Morgan fingerprint density at radius 2 is 1.79 bits per heavy atom. The van der Waals surface area contributed by atoms with E-state index in [9.17, 15) is 24.3 Å². The lowest BCUT2D eigenvalue weighted by Gasteiger charge is -2.22. The summed E-state index contributed by atoms with van der Waals surface area (Å²) in [6.07, 6.45) is 5.56. The lowest BCUT2D eigenvalue weighted by Crippen LogP contribution is -2.51. The lowest BCUT2D eigenvalue weighted by molar-refractivity contribution is -0.130. The SMILES string of the molecule is C=C1C=CC(=O)N1CCCCCC(=O)NC(C(=O)NCC(=O)Nc1ccc(CO)cc1OC)C(C)C.CC. The number of carbonyl (C=O) groups excluding carboxylic acids is 4. The minimum Gasteiger partial charge on any atom is -0.495 e. The van der Waals surface area contributed by atoms with Gasteiger partial charge in [-0.15, -0.1) is 0 Å². The second-order valence-corrected chi connectivity index (χ2v) is 8.87. The maximum absolute atomic E-state index is 12.7. The molecule has 0 spiro atoms. The van der Waals surface area contributed by atoms with Crippen molar-refractivity contribution in [3.8, 4) is 5.75 Å². The molecule has 1 aromatic rings. The highest BCUT2D eigenvalue weighted by molar-refractivity contribution is 5.97. The summed E-state index contributed by atoms with van der Waals surface area (Å²) in [5.74, 6) is -1.01. The predicted octanol–water partition coefficient (Wildman–Crippen LogP) is 2.88. The molecule has 1 heterocycles. The molecule has 0 bridgehead atoms. The van der Waals surface area contributed by atoms with Crippen LogP contribution in [-0.4, -0.2) is 59.9 Å². The third-order valence-corrected chi connectivity index (χ3v) is 5.73. The van der Waals surface area contributed by atoms with Crippen molar-refractivity contribution in [2.24, 2.45) is 5.92 Å². The molecule has 38 heavy (non-hydrogen) atoms. The molecule has 0 fully saturated rings. The fourth-order valence-electron chi connectivity index (χ4n) is 3.66. The zero-order valence-corrected chi connectivity index (χ0v) is 23.1. The van der Waals surface area contributed by atoms with Gasteiger partial charge in [-0.2, -0.15) is 0 Å². The quantitative estimate of drug-likeness (QED) is 0.273. The van der Waals surface area contributed by atoms with Gasteiger partial charge in [0.15, 0.2) is 0 Å². The number of nitrogens with zero attached hydrogens (tertiary/aromatic N) is 1. The fourth-order valence-corrected chi connectivity index (χ4v) is 3.66. The highest BCUT2D eigenvalue weighted by Gasteiger charge is 2.24. The van der Waals surface area contributed by atoms with Crippen LogP contribution < -0.4 is 20.7 Å². The van der Waals surface area contributed by atoms with E-state index in [4.69, 9.17) is 4.74 Å². The number of aliphatic hydroxyl groups excluding tert-OH is 1. The van der Waals surface area contributed by atoms with Crippen molar-refractivity contribution < 1.29 is 29.0 Å². The molecule has 4 amide bonds. The standard InChI is InChI=1S/C26H36N4O6.C2H6/c1-17(2)25(29-22(32)8-6-5-7-13-30-18(3)9-12-24(30)34)26(35)27-15-23(33)28-20-11-10-19(16-31)14-21(20)36-4;1-2/h9-12,14,17,25,31H,3,5-8,13,15-16H2,1-2,4H3,(H,27,35)(H,28,33)(H,29,32);1-2H3. The number of hydrogen-bond acceptors (Lipinski definition) is 6. The average molecular weight is 531 g/mol. The molecule has 1 unspecified atom stereocenters. The maximum Gasteiger partial charge on any atom is 0.251 e. The van der Waals surface area contributed by atoms with E-state index in [1.807, 2.05) is 27.7 Å². The minimum atomic E-state index is -0.778. The second kappa shape index (κ2) is 17.0. The zero-order valence-electron chi connectivity index (χ0n) is 23.1. The van der Waals surface area contributed by atoms with Crippen LogP contribution in [0, 0.1) is 5.92 Å². The van der Waals surface area contributed by atoms with Gasteiger partial charge in [-0.3, -0.25) is 19.2 Å². The van der Waals surface area contributed by atoms with Crippen LogP contribution in [0.1, 0.15) is 58.9 Å². The Kier molecular flexibility index (Phi) is 14.4. The van der Waals surface area contributed by atoms with Crippen molar-refractivity contribution in [1.29, 1.82) is 0 Å². The van der Waals surface area contributed by atoms with E-state index in [0.717, 1.165) is 12.8 Å². The summed E-state index contributed by atoms with van der Waals surface area (Å²) >= 11 is 0. The van der Waals surface area contributed by atoms with Crippen molar-refractivity contribution in [2.45, 2.75) is 66.0 Å². The van der Waals surface area contributed by atoms with Gasteiger partial charge in [0.25, 0.3) is 5.91 Å². The summed E-state index contributed by atoms with van der Waals surface area (Å²) in [5, 5.41) is 17.2. The third kappa shape index (κ3) is 10.4. The van der Waals surface area contributed by atoms with Crippen LogP contribution in [0.4, 0.5) is 5.69 Å². The Morgan fingerprint density at radius 1 is 1.08 bits per heavy atom. The van der Waals surface area contributed by atoms with E-state index >= 15 is 0 Å². The van der Waals surface area contributed by atoms with E-state index in [0.29, 0.717) is 35.7 Å². The van der Waals surface area contributed by atoms with E-state index < -0.39 is 17.9 Å². The summed E-state index contributed by atoms with van der Waals surface area (Å²) in [4.78, 5) is 50.7. The number of anilines is 1. The summed E-state index contributed by atoms with van der Waals surface area (Å²) < 4.78 is 5.23. The van der Waals surface area contributed by atoms with E-state index in [1.54, 1.807) is 29.2 Å². The van der Waals surface area contributed by atoms with Gasteiger partial charge in [-0.05, 0) is 42.5 Å². The highest BCUT2D eigenvalue weighted by Crippen LogP contribution is 2.25. The first kappa shape index (κ1) is 32.4. The first-order chi connectivity index (χ1) is 18.2. The van der Waals surface area contributed by atoms with Gasteiger partial charge >= 0.3 is 0 Å². The summed E-state index contributed by atoms with van der Waals surface area (Å²) in [6.45, 7) is 11.6. The number of nitrogens with one attached hydrogen (secondary N) is 3. The molecule has 0 saturated heterocycles. The number of carbonyl (C=O) groups is 4. The fraction of sp³-hybridized carbons (Fsp3) is 0.500. The Balaban J connectivity index is 0.00000352. The number of amides is 4. The van der Waals surface area contributed by atoms with Crippen LogP contribution in [0.25, 0.3) is 0 Å². The smallest absolute Gasteiger partial charge is 0.251 e. The van der Waals surface area contributed by atoms with E-state index in [-0.39, 0.29) is 37.3 Å². The molecule has 1 aliphatic rings. The van der Waals surface area contributed by atoms with Crippen LogP contribution in [0.15, 0.2) is 42.6 Å².